The van der Waals surface area contributed by atoms with Crippen molar-refractivity contribution < 1.29 is 8.42 Å². The van der Waals surface area contributed by atoms with Crippen molar-refractivity contribution >= 4 is 9.84 Å². The van der Waals surface area contributed by atoms with Gasteiger partial charge in [0.1, 0.15) is 0 Å². The standard InChI is InChI=1S/C34H22O2S/c35-37(36)25-33(23-31-17-9-7-15-29(31)21-19-27-11-3-1-4-12-27)34(26-37)24-32-18-10-8-16-30(32)22-20-28-13-5-2-6-14-28/h1-18,23-26H. The van der Waals surface area contributed by atoms with E-state index in [2.05, 4.69) is 23.7 Å². The van der Waals surface area contributed by atoms with E-state index in [-0.39, 0.29) is 0 Å². The second-order valence-electron chi connectivity index (χ2n) is 8.43. The molecule has 0 spiro atoms. The van der Waals surface area contributed by atoms with Crippen LogP contribution in [-0.2, 0) is 9.84 Å². The summed E-state index contributed by atoms with van der Waals surface area (Å²) >= 11 is 0. The minimum atomic E-state index is -3.48. The van der Waals surface area contributed by atoms with Crippen molar-refractivity contribution in [1.29, 1.82) is 0 Å². The Bertz CT molecular complexity index is 1600. The van der Waals surface area contributed by atoms with E-state index in [9.17, 15) is 8.42 Å². The fraction of sp³-hybridized carbons (Fsp3) is 0. The van der Waals surface area contributed by atoms with Crippen LogP contribution in [-0.4, -0.2) is 8.42 Å². The predicted octanol–water partition coefficient (Wildman–Crippen LogP) is 6.49. The van der Waals surface area contributed by atoms with E-state index in [1.54, 1.807) is 0 Å². The largest absolute Gasteiger partial charge is 0.220 e. The van der Waals surface area contributed by atoms with Gasteiger partial charge in [0.15, 0.2) is 9.84 Å². The van der Waals surface area contributed by atoms with E-state index >= 15 is 0 Å². The van der Waals surface area contributed by atoms with Gasteiger partial charge in [-0.3, -0.25) is 0 Å². The van der Waals surface area contributed by atoms with E-state index < -0.39 is 9.84 Å². The Labute approximate surface area is 218 Å². The molecule has 0 aliphatic carbocycles. The van der Waals surface area contributed by atoms with Gasteiger partial charge in [0.05, 0.1) is 0 Å². The molecule has 0 fully saturated rings. The van der Waals surface area contributed by atoms with E-state index in [1.807, 2.05) is 122 Å². The molecule has 0 atom stereocenters. The monoisotopic (exact) mass is 494 g/mol. The van der Waals surface area contributed by atoms with Crippen LogP contribution < -0.4 is 0 Å². The van der Waals surface area contributed by atoms with Crippen LogP contribution in [0.15, 0.2) is 131 Å². The number of sulfone groups is 1. The van der Waals surface area contributed by atoms with Crippen LogP contribution in [0.4, 0.5) is 0 Å². The van der Waals surface area contributed by atoms with Crippen molar-refractivity contribution in [3.8, 4) is 23.7 Å². The number of benzene rings is 4. The third-order valence-corrected chi connectivity index (χ3v) is 6.85. The first-order chi connectivity index (χ1) is 18.1. The lowest BCUT2D eigenvalue weighted by molar-refractivity contribution is 0.613. The molecule has 2 nitrogen and oxygen atoms in total. The first kappa shape index (κ1) is 24.1. The van der Waals surface area contributed by atoms with Crippen molar-refractivity contribution in [3.63, 3.8) is 0 Å². The lowest BCUT2D eigenvalue weighted by Gasteiger charge is -2.10. The molecule has 37 heavy (non-hydrogen) atoms. The van der Waals surface area contributed by atoms with Crippen LogP contribution in [0, 0.1) is 36.5 Å². The number of rotatable bonds is 4. The highest BCUT2D eigenvalue weighted by Crippen LogP contribution is 2.32. The van der Waals surface area contributed by atoms with Crippen molar-refractivity contribution in [3.05, 3.63) is 177 Å². The summed E-state index contributed by atoms with van der Waals surface area (Å²) in [6, 6.07) is 35.0. The lowest BCUT2D eigenvalue weighted by atomic mass is 9.92. The zero-order chi connectivity index (χ0) is 25.5. The molecule has 5 rings (SSSR count). The number of hydrogen-bond acceptors (Lipinski definition) is 2. The molecule has 0 N–H and O–H groups in total. The summed E-state index contributed by atoms with van der Waals surface area (Å²) in [7, 11) is -3.48. The normalized spacial score (nSPS) is 13.4. The van der Waals surface area contributed by atoms with Crippen LogP contribution in [0.2, 0.25) is 0 Å². The maximum atomic E-state index is 12.6. The second-order valence-corrected chi connectivity index (χ2v) is 10.1. The molecule has 0 amide bonds. The van der Waals surface area contributed by atoms with Gasteiger partial charge >= 0.3 is 0 Å². The molecule has 0 saturated carbocycles. The average Bonchev–Trinajstić information content (AvgIpc) is 3.21. The van der Waals surface area contributed by atoms with Gasteiger partial charge in [-0.05, 0) is 58.7 Å². The Morgan fingerprint density at radius 2 is 0.838 bits per heavy atom. The molecular weight excluding hydrogens is 472 g/mol. The first-order valence-corrected chi connectivity index (χ1v) is 13.4. The molecule has 0 unspecified atom stereocenters. The minimum Gasteiger partial charge on any atom is -0.220 e. The van der Waals surface area contributed by atoms with Gasteiger partial charge in [-0.25, -0.2) is 8.42 Å². The quantitative estimate of drug-likeness (QED) is 0.304. The Kier molecular flexibility index (Phi) is 7.18. The summed E-state index contributed by atoms with van der Waals surface area (Å²) in [5.41, 5.74) is 6.41. The molecule has 0 saturated heterocycles. The Morgan fingerprint density at radius 1 is 0.459 bits per heavy atom. The maximum absolute atomic E-state index is 12.6. The molecule has 0 bridgehead atoms. The summed E-state index contributed by atoms with van der Waals surface area (Å²) in [5.74, 6) is 12.8. The molecule has 176 valence electrons. The average molecular weight is 495 g/mol. The molecule has 0 aromatic heterocycles. The highest BCUT2D eigenvalue weighted by Gasteiger charge is 2.22. The van der Waals surface area contributed by atoms with E-state index in [0.29, 0.717) is 11.1 Å². The second kappa shape index (κ2) is 11.0. The van der Waals surface area contributed by atoms with Crippen LogP contribution in [0.1, 0.15) is 33.4 Å². The molecular formula is C34H22O2S. The zero-order valence-electron chi connectivity index (χ0n) is 19.9. The van der Waals surface area contributed by atoms with Crippen LogP contribution in [0.5, 0.6) is 0 Å². The van der Waals surface area contributed by atoms with Gasteiger partial charge in [0, 0.05) is 45.9 Å². The highest BCUT2D eigenvalue weighted by atomic mass is 32.2. The van der Waals surface area contributed by atoms with Crippen LogP contribution in [0.25, 0.3) is 0 Å². The van der Waals surface area contributed by atoms with Crippen LogP contribution in [0.3, 0.4) is 0 Å². The zero-order valence-corrected chi connectivity index (χ0v) is 20.7. The molecule has 2 radical (unpaired) electrons. The third kappa shape index (κ3) is 6.36. The van der Waals surface area contributed by atoms with Crippen molar-refractivity contribution in [2.45, 2.75) is 0 Å². The van der Waals surface area contributed by atoms with Crippen molar-refractivity contribution in [1.82, 2.24) is 0 Å². The van der Waals surface area contributed by atoms with Crippen molar-refractivity contribution in [2.75, 3.05) is 0 Å². The summed E-state index contributed by atoms with van der Waals surface area (Å²) in [5, 5.41) is 2.61. The predicted molar refractivity (Wildman–Crippen MR) is 150 cm³/mol. The molecule has 3 heteroatoms. The van der Waals surface area contributed by atoms with Gasteiger partial charge in [0.2, 0.25) is 0 Å². The summed E-state index contributed by atoms with van der Waals surface area (Å²) in [6.45, 7) is 0. The fourth-order valence-corrected chi connectivity index (χ4v) is 5.07. The Balaban J connectivity index is 1.42. The van der Waals surface area contributed by atoms with Gasteiger partial charge in [-0.15, -0.1) is 0 Å². The SMILES string of the molecule is O=S1(=O)C=C([CH]c2ccccc2C#Cc2ccccc2)C([CH]c2ccccc2C#Cc2ccccc2)=C1. The van der Waals surface area contributed by atoms with Gasteiger partial charge < -0.3 is 0 Å². The van der Waals surface area contributed by atoms with Gasteiger partial charge in [0.25, 0.3) is 0 Å². The molecule has 4 aromatic carbocycles. The minimum absolute atomic E-state index is 0.611. The summed E-state index contributed by atoms with van der Waals surface area (Å²) in [4.78, 5) is 0. The van der Waals surface area contributed by atoms with Crippen molar-refractivity contribution in [2.24, 2.45) is 0 Å². The van der Waals surface area contributed by atoms with E-state index in [4.69, 9.17) is 0 Å². The van der Waals surface area contributed by atoms with E-state index in [1.165, 1.54) is 10.8 Å². The topological polar surface area (TPSA) is 34.1 Å². The third-order valence-electron chi connectivity index (χ3n) is 5.69. The first-order valence-electron chi connectivity index (χ1n) is 11.8. The molecule has 1 aliphatic heterocycles. The summed E-state index contributed by atoms with van der Waals surface area (Å²) in [6.07, 6.45) is 3.75. The molecule has 1 heterocycles. The van der Waals surface area contributed by atoms with Gasteiger partial charge in [-0.2, -0.15) is 0 Å². The summed E-state index contributed by atoms with van der Waals surface area (Å²) < 4.78 is 25.1. The smallest absolute Gasteiger partial charge is 0.193 e. The highest BCUT2D eigenvalue weighted by molar-refractivity contribution is 7.97. The molecule has 4 aromatic rings. The number of hydrogen-bond donors (Lipinski definition) is 0. The van der Waals surface area contributed by atoms with Crippen LogP contribution >= 0.6 is 0 Å². The lowest BCUT2D eigenvalue weighted by Crippen LogP contribution is -1.97. The Hall–Kier alpha value is -4.57. The Morgan fingerprint density at radius 3 is 1.27 bits per heavy atom. The fourth-order valence-electron chi connectivity index (χ4n) is 3.89. The molecule has 1 aliphatic rings. The van der Waals surface area contributed by atoms with Gasteiger partial charge in [-0.1, -0.05) is 96.5 Å². The maximum Gasteiger partial charge on any atom is 0.193 e. The number of allylic oxidation sites excluding steroid dienone is 2. The van der Waals surface area contributed by atoms with E-state index in [0.717, 1.165) is 33.4 Å².